The minimum Gasteiger partial charge on any atom is -0.461 e. The summed E-state index contributed by atoms with van der Waals surface area (Å²) in [7, 11) is 0. The molecule has 0 amide bonds. The highest BCUT2D eigenvalue weighted by Gasteiger charge is 2.51. The van der Waals surface area contributed by atoms with Crippen molar-refractivity contribution in [2.45, 2.75) is 78.4 Å². The number of carbonyl (C=O) groups is 4. The minimum absolute atomic E-state index is 0.0247. The molecule has 0 radical (unpaired) electrons. The van der Waals surface area contributed by atoms with Crippen molar-refractivity contribution < 1.29 is 33.4 Å². The number of nitrogens with zero attached hydrogens (tertiary/aromatic N) is 2. The maximum atomic E-state index is 13.2. The van der Waals surface area contributed by atoms with E-state index in [0.717, 1.165) is 0 Å². The fraction of sp³-hybridized carbons (Fsp3) is 0.586. The van der Waals surface area contributed by atoms with E-state index in [4.69, 9.17) is 19.9 Å². The molecular weight excluding hydrogens is 502 g/mol. The highest BCUT2D eigenvalue weighted by Crippen LogP contribution is 2.54. The zero-order valence-electron chi connectivity index (χ0n) is 23.1. The SMILES string of the molecule is CC(=O)OCC1=C2CC(C#N)(C#N)C3=C[C@H](N)CC[C@H](CC(=O)OC(C)(C)C)[C@@H]3C(COC(C)=O)=C2CC1=O. The second kappa shape index (κ2) is 11.5. The number of nitriles is 2. The molecular formula is C29H35N3O7. The summed E-state index contributed by atoms with van der Waals surface area (Å²) in [6.45, 7) is 7.28. The van der Waals surface area contributed by atoms with Crippen LogP contribution in [-0.2, 0) is 33.4 Å². The van der Waals surface area contributed by atoms with Crippen LogP contribution in [0, 0.1) is 39.9 Å². The molecule has 0 bridgehead atoms. The average Bonchev–Trinajstić information content (AvgIpc) is 2.95. The van der Waals surface area contributed by atoms with Crippen LogP contribution in [0.25, 0.3) is 0 Å². The molecule has 39 heavy (non-hydrogen) atoms. The summed E-state index contributed by atoms with van der Waals surface area (Å²) >= 11 is 0. The number of allylic oxidation sites excluding steroid dienone is 3. The molecule has 10 heteroatoms. The molecule has 3 aliphatic carbocycles. The lowest BCUT2D eigenvalue weighted by Gasteiger charge is -2.33. The van der Waals surface area contributed by atoms with Crippen LogP contribution >= 0.6 is 0 Å². The van der Waals surface area contributed by atoms with E-state index < -0.39 is 46.8 Å². The summed E-state index contributed by atoms with van der Waals surface area (Å²) < 4.78 is 16.2. The third-order valence-corrected chi connectivity index (χ3v) is 7.25. The Hall–Kier alpha value is -3.76. The predicted octanol–water partition coefficient (Wildman–Crippen LogP) is 3.13. The van der Waals surface area contributed by atoms with Gasteiger partial charge in [-0.2, -0.15) is 10.5 Å². The molecule has 0 fully saturated rings. The molecule has 208 valence electrons. The summed E-state index contributed by atoms with van der Waals surface area (Å²) in [6, 6.07) is 3.87. The highest BCUT2D eigenvalue weighted by atomic mass is 16.6. The van der Waals surface area contributed by atoms with Crippen LogP contribution in [0.2, 0.25) is 0 Å². The Bertz CT molecular complexity index is 1240. The van der Waals surface area contributed by atoms with Crippen LogP contribution in [0.5, 0.6) is 0 Å². The number of fused-ring (bicyclic) bond motifs is 2. The van der Waals surface area contributed by atoms with E-state index in [1.807, 2.05) is 0 Å². The molecule has 0 saturated carbocycles. The zero-order chi connectivity index (χ0) is 29.1. The highest BCUT2D eigenvalue weighted by molar-refractivity contribution is 6.03. The van der Waals surface area contributed by atoms with E-state index in [1.54, 1.807) is 26.8 Å². The molecule has 0 aliphatic heterocycles. The smallest absolute Gasteiger partial charge is 0.306 e. The minimum atomic E-state index is -1.72. The van der Waals surface area contributed by atoms with Crippen LogP contribution in [-0.4, -0.2) is 48.5 Å². The average molecular weight is 538 g/mol. The molecule has 3 atom stereocenters. The first-order valence-electron chi connectivity index (χ1n) is 13.0. The van der Waals surface area contributed by atoms with E-state index in [-0.39, 0.29) is 43.8 Å². The standard InChI is InChI=1S/C29H35N3O7/c1-16(33)37-12-22-21-11-29(14-30,15-31)24-9-19(32)7-6-18(8-26(36)39-28(3,4)5)27(24)23(13-38-17(2)34)20(21)10-25(22)35/h9,18-19,27H,6-8,10-13,32H2,1-5H3/t18-,19-,27-/m1/s1. The number of hydrogen-bond donors (Lipinski definition) is 1. The van der Waals surface area contributed by atoms with Crippen LogP contribution in [0.1, 0.15) is 66.7 Å². The number of esters is 3. The predicted molar refractivity (Wildman–Crippen MR) is 138 cm³/mol. The van der Waals surface area contributed by atoms with Gasteiger partial charge in [0.1, 0.15) is 18.8 Å². The number of nitrogens with two attached hydrogens (primary N) is 1. The van der Waals surface area contributed by atoms with Gasteiger partial charge in [-0.3, -0.25) is 19.2 Å². The van der Waals surface area contributed by atoms with Gasteiger partial charge in [-0.25, -0.2) is 0 Å². The Labute approximate surface area is 228 Å². The largest absolute Gasteiger partial charge is 0.461 e. The van der Waals surface area contributed by atoms with Crippen molar-refractivity contribution in [3.05, 3.63) is 33.9 Å². The van der Waals surface area contributed by atoms with E-state index in [2.05, 4.69) is 12.1 Å². The molecule has 0 unspecified atom stereocenters. The first-order valence-corrected chi connectivity index (χ1v) is 13.0. The molecule has 0 aromatic rings. The number of ether oxygens (including phenoxy) is 3. The molecule has 3 aliphatic rings. The number of rotatable bonds is 6. The topological polar surface area (TPSA) is 170 Å². The van der Waals surface area contributed by atoms with Crippen molar-refractivity contribution in [3.63, 3.8) is 0 Å². The Kier molecular flexibility index (Phi) is 8.82. The fourth-order valence-electron chi connectivity index (χ4n) is 5.67. The van der Waals surface area contributed by atoms with E-state index >= 15 is 0 Å². The summed E-state index contributed by atoms with van der Waals surface area (Å²) in [5, 5.41) is 20.9. The molecule has 0 spiro atoms. The van der Waals surface area contributed by atoms with Crippen LogP contribution in [0.3, 0.4) is 0 Å². The van der Waals surface area contributed by atoms with Crippen LogP contribution < -0.4 is 5.73 Å². The Morgan fingerprint density at radius 1 is 1.05 bits per heavy atom. The van der Waals surface area contributed by atoms with E-state index in [1.165, 1.54) is 13.8 Å². The van der Waals surface area contributed by atoms with Gasteiger partial charge in [0.15, 0.2) is 11.2 Å². The molecule has 2 N–H and O–H groups in total. The van der Waals surface area contributed by atoms with Crippen LogP contribution in [0.4, 0.5) is 0 Å². The molecule has 0 aromatic heterocycles. The molecule has 10 nitrogen and oxygen atoms in total. The summed E-state index contributed by atoms with van der Waals surface area (Å²) in [5.74, 6) is -2.99. The van der Waals surface area contributed by atoms with Crippen molar-refractivity contribution in [3.8, 4) is 12.1 Å². The number of hydrogen-bond acceptors (Lipinski definition) is 10. The van der Waals surface area contributed by atoms with Gasteiger partial charge in [-0.15, -0.1) is 0 Å². The maximum Gasteiger partial charge on any atom is 0.306 e. The second-order valence-electron chi connectivity index (χ2n) is 11.3. The summed E-state index contributed by atoms with van der Waals surface area (Å²) in [6.07, 6.45) is 2.47. The third-order valence-electron chi connectivity index (χ3n) is 7.25. The first-order chi connectivity index (χ1) is 18.2. The van der Waals surface area contributed by atoms with Gasteiger partial charge in [0.05, 0.1) is 12.1 Å². The van der Waals surface area contributed by atoms with Crippen molar-refractivity contribution in [1.82, 2.24) is 0 Å². The summed E-state index contributed by atoms with van der Waals surface area (Å²) in [4.78, 5) is 49.6. The number of ketones is 1. The lowest BCUT2D eigenvalue weighted by molar-refractivity contribution is -0.156. The lowest BCUT2D eigenvalue weighted by Crippen LogP contribution is -2.33. The molecule has 3 rings (SSSR count). The van der Waals surface area contributed by atoms with Crippen molar-refractivity contribution >= 4 is 23.7 Å². The van der Waals surface area contributed by atoms with Crippen molar-refractivity contribution in [1.29, 1.82) is 10.5 Å². The molecule has 0 aromatic carbocycles. The maximum absolute atomic E-state index is 13.2. The van der Waals surface area contributed by atoms with Gasteiger partial charge < -0.3 is 19.9 Å². The monoisotopic (exact) mass is 537 g/mol. The van der Waals surface area contributed by atoms with Gasteiger partial charge in [-0.05, 0) is 61.8 Å². The number of carbonyl (C=O) groups excluding carboxylic acids is 4. The fourth-order valence-corrected chi connectivity index (χ4v) is 5.67. The Morgan fingerprint density at radius 3 is 2.23 bits per heavy atom. The Balaban J connectivity index is 2.30. The van der Waals surface area contributed by atoms with Crippen LogP contribution in [0.15, 0.2) is 33.9 Å². The molecule has 0 saturated heterocycles. The normalized spacial score (nSPS) is 24.3. The zero-order valence-corrected chi connectivity index (χ0v) is 23.1. The molecule has 0 heterocycles. The van der Waals surface area contributed by atoms with E-state index in [0.29, 0.717) is 35.1 Å². The van der Waals surface area contributed by atoms with Gasteiger partial charge in [0.2, 0.25) is 0 Å². The second-order valence-corrected chi connectivity index (χ2v) is 11.3. The van der Waals surface area contributed by atoms with Gasteiger partial charge in [0.25, 0.3) is 0 Å². The van der Waals surface area contributed by atoms with Gasteiger partial charge in [0, 0.05) is 50.6 Å². The van der Waals surface area contributed by atoms with Crippen molar-refractivity contribution in [2.24, 2.45) is 23.0 Å². The van der Waals surface area contributed by atoms with Gasteiger partial charge >= 0.3 is 17.9 Å². The summed E-state index contributed by atoms with van der Waals surface area (Å²) in [5.41, 5.74) is 6.13. The quantitative estimate of drug-likeness (QED) is 0.302. The van der Waals surface area contributed by atoms with Gasteiger partial charge in [-0.1, -0.05) is 6.08 Å². The lowest BCUT2D eigenvalue weighted by atomic mass is 9.68. The number of Topliss-reactive ketones (excluding diaryl/α,β-unsaturated/α-hetero) is 1. The van der Waals surface area contributed by atoms with E-state index in [9.17, 15) is 29.7 Å². The first kappa shape index (κ1) is 29.8. The Morgan fingerprint density at radius 2 is 1.67 bits per heavy atom. The van der Waals surface area contributed by atoms with Crippen molar-refractivity contribution in [2.75, 3.05) is 13.2 Å². The third kappa shape index (κ3) is 6.63.